The number of aryl methyl sites for hydroxylation is 1. The van der Waals surface area contributed by atoms with Crippen molar-refractivity contribution in [3.63, 3.8) is 0 Å². The first kappa shape index (κ1) is 14.1. The van der Waals surface area contributed by atoms with Gasteiger partial charge in [-0.3, -0.25) is 14.8 Å². The number of nitrogens with one attached hydrogen (secondary N) is 1. The minimum Gasteiger partial charge on any atom is -0.279 e. The van der Waals surface area contributed by atoms with Crippen molar-refractivity contribution in [3.05, 3.63) is 40.3 Å². The molecule has 1 aromatic carbocycles. The number of carbonyl (C=O) groups is 1. The van der Waals surface area contributed by atoms with Crippen LogP contribution in [-0.2, 0) is 4.79 Å². The van der Waals surface area contributed by atoms with E-state index in [2.05, 4.69) is 25.2 Å². The lowest BCUT2D eigenvalue weighted by Gasteiger charge is -2.10. The van der Waals surface area contributed by atoms with Crippen LogP contribution in [0.3, 0.4) is 0 Å². The largest absolute Gasteiger partial charge is 0.279 e. The molecule has 0 bridgehead atoms. The number of hydrogen-bond donors (Lipinski definition) is 1. The zero-order valence-electron chi connectivity index (χ0n) is 12.1. The number of anilines is 1. The predicted octanol–water partition coefficient (Wildman–Crippen LogP) is 2.44. The fourth-order valence-corrected chi connectivity index (χ4v) is 2.46. The van der Waals surface area contributed by atoms with E-state index in [-0.39, 0.29) is 11.8 Å². The van der Waals surface area contributed by atoms with Gasteiger partial charge in [0.1, 0.15) is 0 Å². The Kier molecular flexibility index (Phi) is 3.76. The van der Waals surface area contributed by atoms with Crippen molar-refractivity contribution < 1.29 is 4.79 Å². The number of benzene rings is 1. The van der Waals surface area contributed by atoms with Crippen molar-refractivity contribution >= 4 is 11.9 Å². The van der Waals surface area contributed by atoms with Crippen LogP contribution in [0.25, 0.3) is 21.8 Å². The first-order valence-corrected chi connectivity index (χ1v) is 6.98. The molecule has 0 saturated carbocycles. The quantitative estimate of drug-likeness (QED) is 0.531. The molecule has 1 atom stereocenters. The number of azide groups is 1. The molecule has 1 N–H and O–H groups in total. The van der Waals surface area contributed by atoms with Crippen LogP contribution in [0.4, 0.5) is 5.95 Å². The highest BCUT2D eigenvalue weighted by molar-refractivity contribution is 5.94. The summed E-state index contributed by atoms with van der Waals surface area (Å²) < 4.78 is 0. The van der Waals surface area contributed by atoms with Gasteiger partial charge in [-0.1, -0.05) is 34.9 Å². The molecule has 8 heteroatoms. The summed E-state index contributed by atoms with van der Waals surface area (Å²) >= 11 is 0. The Bertz CT molecular complexity index is 730. The molecule has 22 heavy (non-hydrogen) atoms. The number of aromatic amines is 1. The molecule has 3 rings (SSSR count). The fourth-order valence-electron chi connectivity index (χ4n) is 2.46. The number of aromatic nitrogens is 3. The summed E-state index contributed by atoms with van der Waals surface area (Å²) in [4.78, 5) is 20.7. The maximum Gasteiger partial charge on any atom is 0.251 e. The topological polar surface area (TPSA) is 111 Å². The minimum atomic E-state index is -0.0485. The molecule has 1 fully saturated rings. The van der Waals surface area contributed by atoms with Gasteiger partial charge in [-0.15, -0.1) is 5.10 Å². The zero-order chi connectivity index (χ0) is 15.5. The maximum atomic E-state index is 12.0. The van der Waals surface area contributed by atoms with E-state index in [9.17, 15) is 4.79 Å². The molecule has 0 spiro atoms. The van der Waals surface area contributed by atoms with Gasteiger partial charge in [0.25, 0.3) is 5.95 Å². The summed E-state index contributed by atoms with van der Waals surface area (Å²) in [5.74, 6) is 0.961. The Hall–Kier alpha value is -2.86. The van der Waals surface area contributed by atoms with E-state index in [1.54, 1.807) is 0 Å². The monoisotopic (exact) mass is 297 g/mol. The van der Waals surface area contributed by atoms with E-state index in [0.29, 0.717) is 31.3 Å². The lowest BCUT2D eigenvalue weighted by molar-refractivity contribution is -0.117. The van der Waals surface area contributed by atoms with Crippen LogP contribution in [0.15, 0.2) is 29.4 Å². The summed E-state index contributed by atoms with van der Waals surface area (Å²) in [6, 6.07) is 7.90. The first-order valence-electron chi connectivity index (χ1n) is 6.98. The SMILES string of the molecule is Cc1ccc(-c2nc(N3CC(CN=[N+]=[N-])CC3=O)n[nH]2)cc1. The molecule has 1 unspecified atom stereocenters. The van der Waals surface area contributed by atoms with E-state index in [1.165, 1.54) is 10.5 Å². The summed E-state index contributed by atoms with van der Waals surface area (Å²) in [6.45, 7) is 2.80. The Morgan fingerprint density at radius 3 is 2.95 bits per heavy atom. The van der Waals surface area contributed by atoms with Gasteiger partial charge < -0.3 is 0 Å². The van der Waals surface area contributed by atoms with E-state index < -0.39 is 0 Å². The second kappa shape index (κ2) is 5.87. The average molecular weight is 297 g/mol. The standard InChI is InChI=1S/C14H15N7O/c1-9-2-4-11(5-3-9)13-17-14(19-18-13)21-8-10(6-12(21)22)7-16-20-15/h2-5,10H,6-8H2,1H3,(H,17,18,19). The van der Waals surface area contributed by atoms with Gasteiger partial charge in [-0.05, 0) is 18.4 Å². The van der Waals surface area contributed by atoms with Crippen LogP contribution in [0.5, 0.6) is 0 Å². The molecule has 0 aliphatic carbocycles. The number of amides is 1. The Morgan fingerprint density at radius 1 is 1.45 bits per heavy atom. The molecule has 112 valence electrons. The number of carbonyl (C=O) groups excluding carboxylic acids is 1. The second-order valence-corrected chi connectivity index (χ2v) is 5.34. The molecule has 1 aliphatic rings. The van der Waals surface area contributed by atoms with Gasteiger partial charge in [-0.25, -0.2) is 0 Å². The van der Waals surface area contributed by atoms with Crippen LogP contribution in [0.2, 0.25) is 0 Å². The van der Waals surface area contributed by atoms with Crippen molar-refractivity contribution in [2.75, 3.05) is 18.0 Å². The Morgan fingerprint density at radius 2 is 2.23 bits per heavy atom. The lowest BCUT2D eigenvalue weighted by atomic mass is 10.1. The molecule has 1 amide bonds. The van der Waals surface area contributed by atoms with Crippen LogP contribution in [-0.4, -0.2) is 34.2 Å². The molecule has 2 heterocycles. The third-order valence-electron chi connectivity index (χ3n) is 3.65. The number of hydrogen-bond acceptors (Lipinski definition) is 4. The third kappa shape index (κ3) is 2.77. The van der Waals surface area contributed by atoms with Gasteiger partial charge in [0, 0.05) is 30.0 Å². The highest BCUT2D eigenvalue weighted by Crippen LogP contribution is 2.24. The first-order chi connectivity index (χ1) is 10.7. The lowest BCUT2D eigenvalue weighted by Crippen LogP contribution is -2.26. The number of H-pyrrole nitrogens is 1. The van der Waals surface area contributed by atoms with E-state index in [0.717, 1.165) is 5.56 Å². The van der Waals surface area contributed by atoms with Crippen molar-refractivity contribution in [1.29, 1.82) is 0 Å². The molecule has 8 nitrogen and oxygen atoms in total. The molecular weight excluding hydrogens is 282 g/mol. The van der Waals surface area contributed by atoms with Crippen LogP contribution < -0.4 is 4.90 Å². The number of rotatable bonds is 4. The van der Waals surface area contributed by atoms with Gasteiger partial charge in [0.15, 0.2) is 5.82 Å². The highest BCUT2D eigenvalue weighted by atomic mass is 16.2. The summed E-state index contributed by atoms with van der Waals surface area (Å²) in [6.07, 6.45) is 0.355. The molecule has 0 radical (unpaired) electrons. The van der Waals surface area contributed by atoms with Gasteiger partial charge in [0.05, 0.1) is 0 Å². The van der Waals surface area contributed by atoms with Gasteiger partial charge in [-0.2, -0.15) is 4.98 Å². The Labute approximate surface area is 126 Å². The normalized spacial score (nSPS) is 17.6. The number of nitrogens with zero attached hydrogens (tertiary/aromatic N) is 6. The second-order valence-electron chi connectivity index (χ2n) is 5.34. The highest BCUT2D eigenvalue weighted by Gasteiger charge is 2.32. The van der Waals surface area contributed by atoms with Crippen LogP contribution >= 0.6 is 0 Å². The summed E-state index contributed by atoms with van der Waals surface area (Å²) in [7, 11) is 0. The van der Waals surface area contributed by atoms with Crippen molar-refractivity contribution in [2.45, 2.75) is 13.3 Å². The van der Waals surface area contributed by atoms with E-state index >= 15 is 0 Å². The van der Waals surface area contributed by atoms with Gasteiger partial charge >= 0.3 is 0 Å². The predicted molar refractivity (Wildman–Crippen MR) is 81.0 cm³/mol. The van der Waals surface area contributed by atoms with E-state index in [1.807, 2.05) is 31.2 Å². The fraction of sp³-hybridized carbons (Fsp3) is 0.357. The van der Waals surface area contributed by atoms with Crippen molar-refractivity contribution in [2.24, 2.45) is 11.0 Å². The summed E-state index contributed by atoms with van der Waals surface area (Å²) in [5.41, 5.74) is 10.4. The zero-order valence-corrected chi connectivity index (χ0v) is 12.1. The van der Waals surface area contributed by atoms with Crippen LogP contribution in [0.1, 0.15) is 12.0 Å². The molecule has 1 aliphatic heterocycles. The smallest absolute Gasteiger partial charge is 0.251 e. The Balaban J connectivity index is 1.77. The third-order valence-corrected chi connectivity index (χ3v) is 3.65. The maximum absolute atomic E-state index is 12.0. The van der Waals surface area contributed by atoms with Crippen LogP contribution in [0, 0.1) is 12.8 Å². The average Bonchev–Trinajstić information content (AvgIpc) is 3.12. The molecule has 1 saturated heterocycles. The van der Waals surface area contributed by atoms with Crippen molar-refractivity contribution in [1.82, 2.24) is 15.2 Å². The molecule has 2 aromatic rings. The molecular formula is C14H15N7O. The summed E-state index contributed by atoms with van der Waals surface area (Å²) in [5, 5.41) is 10.5. The minimum absolute atomic E-state index is 0.0183. The molecule has 1 aromatic heterocycles. The van der Waals surface area contributed by atoms with E-state index in [4.69, 9.17) is 5.53 Å². The van der Waals surface area contributed by atoms with Gasteiger partial charge in [0.2, 0.25) is 5.91 Å². The van der Waals surface area contributed by atoms with Crippen molar-refractivity contribution in [3.8, 4) is 11.4 Å².